The molecule has 0 spiro atoms. The number of rotatable bonds is 7. The topological polar surface area (TPSA) is 97.0 Å². The van der Waals surface area contributed by atoms with E-state index < -0.39 is 12.0 Å². The van der Waals surface area contributed by atoms with Gasteiger partial charge in [0.25, 0.3) is 0 Å². The maximum absolute atomic E-state index is 12.7. The molecule has 160 valence electrons. The largest absolute Gasteiger partial charge is 0.465 e. The smallest absolute Gasteiger partial charge is 0.340 e. The van der Waals surface area contributed by atoms with Gasteiger partial charge >= 0.3 is 5.97 Å². The molecule has 1 aliphatic rings. The summed E-state index contributed by atoms with van der Waals surface area (Å²) in [4.78, 5) is 39.6. The minimum Gasteiger partial charge on any atom is -0.465 e. The van der Waals surface area contributed by atoms with Crippen molar-refractivity contribution in [3.63, 3.8) is 0 Å². The van der Waals surface area contributed by atoms with E-state index >= 15 is 0 Å². The molecule has 1 aromatic carbocycles. The number of morpholine rings is 1. The van der Waals surface area contributed by atoms with Crippen LogP contribution in [0.25, 0.3) is 0 Å². The van der Waals surface area contributed by atoms with Gasteiger partial charge in [-0.25, -0.2) is 4.79 Å². The van der Waals surface area contributed by atoms with Gasteiger partial charge in [-0.1, -0.05) is 6.07 Å². The van der Waals surface area contributed by atoms with Gasteiger partial charge in [-0.2, -0.15) is 0 Å². The van der Waals surface area contributed by atoms with Crippen LogP contribution in [0.3, 0.4) is 0 Å². The zero-order chi connectivity index (χ0) is 21.5. The summed E-state index contributed by atoms with van der Waals surface area (Å²) in [6, 6.07) is 8.59. The SMILES string of the molecule is COC(=O)c1cc(N2CCOCC2)ccc1NC(=O)CC(NC(C)=O)c1cccs1. The fourth-order valence-corrected chi connectivity index (χ4v) is 4.06. The molecule has 3 rings (SSSR count). The molecule has 2 heterocycles. The van der Waals surface area contributed by atoms with Crippen LogP contribution in [-0.2, 0) is 19.1 Å². The summed E-state index contributed by atoms with van der Waals surface area (Å²) in [6.07, 6.45) is 0.0475. The fraction of sp³-hybridized carbons (Fsp3) is 0.381. The average molecular weight is 432 g/mol. The van der Waals surface area contributed by atoms with Gasteiger partial charge in [0.05, 0.1) is 44.0 Å². The number of ether oxygens (including phenoxy) is 2. The summed E-state index contributed by atoms with van der Waals surface area (Å²) in [5.74, 6) is -1.06. The molecule has 0 aliphatic carbocycles. The Morgan fingerprint density at radius 2 is 2.00 bits per heavy atom. The Morgan fingerprint density at radius 1 is 1.23 bits per heavy atom. The summed E-state index contributed by atoms with van der Waals surface area (Å²) in [7, 11) is 1.30. The summed E-state index contributed by atoms with van der Waals surface area (Å²) >= 11 is 1.47. The molecular weight excluding hydrogens is 406 g/mol. The van der Waals surface area contributed by atoms with Crippen molar-refractivity contribution in [2.75, 3.05) is 43.6 Å². The summed E-state index contributed by atoms with van der Waals surface area (Å²) in [6.45, 7) is 4.12. The van der Waals surface area contributed by atoms with E-state index in [9.17, 15) is 14.4 Å². The van der Waals surface area contributed by atoms with Gasteiger partial charge in [-0.3, -0.25) is 9.59 Å². The van der Waals surface area contributed by atoms with Crippen LogP contribution in [0.5, 0.6) is 0 Å². The predicted octanol–water partition coefficient (Wildman–Crippen LogP) is 2.58. The molecule has 2 aromatic rings. The Balaban J connectivity index is 1.77. The molecule has 2 N–H and O–H groups in total. The molecule has 1 aliphatic heterocycles. The fourth-order valence-electron chi connectivity index (χ4n) is 3.28. The molecule has 0 radical (unpaired) electrons. The zero-order valence-corrected chi connectivity index (χ0v) is 17.8. The highest BCUT2D eigenvalue weighted by atomic mass is 32.1. The highest BCUT2D eigenvalue weighted by molar-refractivity contribution is 7.10. The van der Waals surface area contributed by atoms with Crippen molar-refractivity contribution in [2.45, 2.75) is 19.4 Å². The molecule has 1 fully saturated rings. The van der Waals surface area contributed by atoms with Crippen LogP contribution in [0.4, 0.5) is 11.4 Å². The zero-order valence-electron chi connectivity index (χ0n) is 17.0. The lowest BCUT2D eigenvalue weighted by molar-refractivity contribution is -0.120. The molecule has 30 heavy (non-hydrogen) atoms. The molecule has 0 saturated carbocycles. The van der Waals surface area contributed by atoms with Crippen molar-refractivity contribution in [3.05, 3.63) is 46.2 Å². The highest BCUT2D eigenvalue weighted by Gasteiger charge is 2.21. The van der Waals surface area contributed by atoms with Crippen molar-refractivity contribution in [1.29, 1.82) is 0 Å². The minimum atomic E-state index is -0.530. The second-order valence-electron chi connectivity index (χ2n) is 6.84. The Labute approximate surface area is 179 Å². The number of anilines is 2. The Hall–Kier alpha value is -2.91. The lowest BCUT2D eigenvalue weighted by Gasteiger charge is -2.29. The molecule has 2 amide bonds. The maximum atomic E-state index is 12.7. The number of benzene rings is 1. The third-order valence-electron chi connectivity index (χ3n) is 4.71. The second kappa shape index (κ2) is 10.2. The number of methoxy groups -OCH3 is 1. The Morgan fingerprint density at radius 3 is 2.63 bits per heavy atom. The van der Waals surface area contributed by atoms with Gasteiger partial charge in [0, 0.05) is 30.6 Å². The molecule has 1 saturated heterocycles. The van der Waals surface area contributed by atoms with Crippen LogP contribution in [0, 0.1) is 0 Å². The van der Waals surface area contributed by atoms with Crippen LogP contribution in [0.15, 0.2) is 35.7 Å². The van der Waals surface area contributed by atoms with Crippen LogP contribution >= 0.6 is 11.3 Å². The number of hydrogen-bond donors (Lipinski definition) is 2. The van der Waals surface area contributed by atoms with Gasteiger partial charge in [-0.15, -0.1) is 11.3 Å². The first-order chi connectivity index (χ1) is 14.5. The van der Waals surface area contributed by atoms with Gasteiger partial charge in [0.2, 0.25) is 11.8 Å². The Kier molecular flexibility index (Phi) is 7.42. The van der Waals surface area contributed by atoms with E-state index in [0.29, 0.717) is 18.9 Å². The predicted molar refractivity (Wildman–Crippen MR) is 115 cm³/mol. The number of carbonyl (C=O) groups is 3. The van der Waals surface area contributed by atoms with Crippen LogP contribution in [-0.4, -0.2) is 51.2 Å². The van der Waals surface area contributed by atoms with Crippen molar-refractivity contribution in [1.82, 2.24) is 5.32 Å². The molecule has 9 heteroatoms. The monoisotopic (exact) mass is 431 g/mol. The molecule has 1 unspecified atom stereocenters. The number of thiophene rings is 1. The molecule has 1 atom stereocenters. The highest BCUT2D eigenvalue weighted by Crippen LogP contribution is 2.27. The van der Waals surface area contributed by atoms with E-state index in [4.69, 9.17) is 9.47 Å². The number of carbonyl (C=O) groups excluding carboxylic acids is 3. The third-order valence-corrected chi connectivity index (χ3v) is 5.70. The van der Waals surface area contributed by atoms with E-state index in [1.165, 1.54) is 25.4 Å². The van der Waals surface area contributed by atoms with E-state index in [2.05, 4.69) is 15.5 Å². The number of esters is 1. The first kappa shape index (κ1) is 21.8. The number of amides is 2. The van der Waals surface area contributed by atoms with Crippen LogP contribution in [0.2, 0.25) is 0 Å². The van der Waals surface area contributed by atoms with Crippen molar-refractivity contribution in [2.24, 2.45) is 0 Å². The molecule has 0 bridgehead atoms. The standard InChI is InChI=1S/C21H25N3O5S/c1-14(25)22-18(19-4-3-11-30-19)13-20(26)23-17-6-5-15(12-16(17)21(27)28-2)24-7-9-29-10-8-24/h3-6,11-12,18H,7-10,13H2,1-2H3,(H,22,25)(H,23,26). The van der Waals surface area contributed by atoms with E-state index in [1.54, 1.807) is 12.1 Å². The van der Waals surface area contributed by atoms with Crippen LogP contribution in [0.1, 0.15) is 34.6 Å². The quantitative estimate of drug-likeness (QED) is 0.654. The molecule has 1 aromatic heterocycles. The van der Waals surface area contributed by atoms with Crippen molar-refractivity contribution >= 4 is 40.5 Å². The maximum Gasteiger partial charge on any atom is 0.340 e. The van der Waals surface area contributed by atoms with E-state index in [1.807, 2.05) is 23.6 Å². The normalized spacial score (nSPS) is 14.7. The van der Waals surface area contributed by atoms with Gasteiger partial charge in [-0.05, 0) is 29.6 Å². The number of nitrogens with zero attached hydrogens (tertiary/aromatic N) is 1. The van der Waals surface area contributed by atoms with E-state index in [0.717, 1.165) is 23.7 Å². The Bertz CT molecular complexity index is 894. The van der Waals surface area contributed by atoms with Crippen molar-refractivity contribution in [3.8, 4) is 0 Å². The lowest BCUT2D eigenvalue weighted by Crippen LogP contribution is -2.36. The first-order valence-electron chi connectivity index (χ1n) is 9.63. The van der Waals surface area contributed by atoms with Gasteiger partial charge in [0.15, 0.2) is 0 Å². The number of nitrogens with one attached hydrogen (secondary N) is 2. The number of hydrogen-bond acceptors (Lipinski definition) is 7. The second-order valence-corrected chi connectivity index (χ2v) is 7.82. The third kappa shape index (κ3) is 5.58. The van der Waals surface area contributed by atoms with Crippen LogP contribution < -0.4 is 15.5 Å². The average Bonchev–Trinajstić information content (AvgIpc) is 3.28. The van der Waals surface area contributed by atoms with E-state index in [-0.39, 0.29) is 23.8 Å². The minimum absolute atomic E-state index is 0.0475. The van der Waals surface area contributed by atoms with Gasteiger partial charge < -0.3 is 25.0 Å². The molecular formula is C21H25N3O5S. The first-order valence-corrected chi connectivity index (χ1v) is 10.5. The van der Waals surface area contributed by atoms with Gasteiger partial charge in [0.1, 0.15) is 0 Å². The van der Waals surface area contributed by atoms with Crippen molar-refractivity contribution < 1.29 is 23.9 Å². The summed E-state index contributed by atoms with van der Waals surface area (Å²) < 4.78 is 10.3. The summed E-state index contributed by atoms with van der Waals surface area (Å²) in [5, 5.41) is 7.48. The lowest BCUT2D eigenvalue weighted by atomic mass is 10.1. The summed E-state index contributed by atoms with van der Waals surface area (Å²) in [5.41, 5.74) is 1.52. The molecule has 8 nitrogen and oxygen atoms in total.